The molecule has 3 N–H and O–H groups in total. The molecule has 8 heteroatoms. The number of thiophene rings is 1. The molecule has 0 saturated heterocycles. The highest BCUT2D eigenvalue weighted by Crippen LogP contribution is 2.10. The molecular formula is C11H15N3O4S. The molecule has 104 valence electrons. The van der Waals surface area contributed by atoms with Gasteiger partial charge in [0.15, 0.2) is 0 Å². The normalized spacial score (nSPS) is 9.74. The number of carboxylic acid groups (broad SMARTS) is 1. The Bertz CT molecular complexity index is 447. The minimum atomic E-state index is -1.13. The van der Waals surface area contributed by atoms with E-state index >= 15 is 0 Å². The quantitative estimate of drug-likeness (QED) is 0.690. The molecule has 0 saturated carbocycles. The fraction of sp³-hybridized carbons (Fsp3) is 0.364. The van der Waals surface area contributed by atoms with Crippen LogP contribution in [0.5, 0.6) is 0 Å². The third-order valence-corrected chi connectivity index (χ3v) is 3.02. The van der Waals surface area contributed by atoms with E-state index in [0.717, 1.165) is 4.88 Å². The maximum Gasteiger partial charge on any atom is 0.322 e. The topological polar surface area (TPSA) is 98.7 Å². The lowest BCUT2D eigenvalue weighted by atomic mass is 10.4. The van der Waals surface area contributed by atoms with E-state index in [9.17, 15) is 14.4 Å². The number of aliphatic carboxylic acids is 1. The molecule has 0 fully saturated rings. The average Bonchev–Trinajstić information content (AvgIpc) is 2.86. The zero-order valence-corrected chi connectivity index (χ0v) is 11.2. The zero-order chi connectivity index (χ0) is 14.3. The summed E-state index contributed by atoms with van der Waals surface area (Å²) in [5.41, 5.74) is 0. The predicted octanol–water partition coefficient (Wildman–Crippen LogP) is 0.0903. The third kappa shape index (κ3) is 5.87. The lowest BCUT2D eigenvalue weighted by Crippen LogP contribution is -2.43. The maximum atomic E-state index is 11.6. The monoisotopic (exact) mass is 285 g/mol. The lowest BCUT2D eigenvalue weighted by molar-refractivity contribution is -0.137. The Morgan fingerprint density at radius 1 is 1.32 bits per heavy atom. The van der Waals surface area contributed by atoms with Crippen molar-refractivity contribution in [2.45, 2.75) is 6.54 Å². The van der Waals surface area contributed by atoms with Crippen molar-refractivity contribution in [3.63, 3.8) is 0 Å². The maximum absolute atomic E-state index is 11.6. The summed E-state index contributed by atoms with van der Waals surface area (Å²) in [7, 11) is 1.62. The van der Waals surface area contributed by atoms with Gasteiger partial charge in [-0.3, -0.25) is 9.59 Å². The third-order valence-electron chi connectivity index (χ3n) is 2.16. The number of urea groups is 1. The minimum Gasteiger partial charge on any atom is -0.480 e. The van der Waals surface area contributed by atoms with Crippen LogP contribution in [0.4, 0.5) is 4.79 Å². The summed E-state index contributed by atoms with van der Waals surface area (Å²) in [5, 5.41) is 14.8. The molecule has 0 unspecified atom stereocenters. The summed E-state index contributed by atoms with van der Waals surface area (Å²) in [6, 6.07) is 3.41. The second kappa shape index (κ2) is 7.37. The molecule has 7 nitrogen and oxygen atoms in total. The summed E-state index contributed by atoms with van der Waals surface area (Å²) in [4.78, 5) is 35.5. The lowest BCUT2D eigenvalue weighted by Gasteiger charge is -2.16. The number of amides is 3. The Morgan fingerprint density at radius 2 is 2.05 bits per heavy atom. The first-order valence-electron chi connectivity index (χ1n) is 5.49. The van der Waals surface area contributed by atoms with E-state index in [1.807, 2.05) is 17.5 Å². The Balaban J connectivity index is 2.26. The van der Waals surface area contributed by atoms with Crippen molar-refractivity contribution >= 4 is 29.2 Å². The molecule has 1 heterocycles. The molecule has 0 aliphatic rings. The number of hydrogen-bond acceptors (Lipinski definition) is 4. The van der Waals surface area contributed by atoms with Gasteiger partial charge in [0.25, 0.3) is 0 Å². The number of nitrogens with zero attached hydrogens (tertiary/aromatic N) is 1. The van der Waals surface area contributed by atoms with E-state index in [2.05, 4.69) is 10.6 Å². The van der Waals surface area contributed by atoms with Gasteiger partial charge in [-0.25, -0.2) is 4.79 Å². The summed E-state index contributed by atoms with van der Waals surface area (Å²) in [6.07, 6.45) is 0. The number of nitrogens with one attached hydrogen (secondary N) is 2. The van der Waals surface area contributed by atoms with Crippen molar-refractivity contribution in [1.82, 2.24) is 15.5 Å². The Hall–Kier alpha value is -2.09. The minimum absolute atomic E-state index is 0.249. The summed E-state index contributed by atoms with van der Waals surface area (Å²) >= 11 is 1.54. The van der Waals surface area contributed by atoms with Gasteiger partial charge in [0.05, 0.1) is 13.1 Å². The van der Waals surface area contributed by atoms with Crippen LogP contribution in [0.15, 0.2) is 17.5 Å². The number of rotatable bonds is 6. The van der Waals surface area contributed by atoms with Crippen molar-refractivity contribution in [2.75, 3.05) is 20.1 Å². The Morgan fingerprint density at radius 3 is 2.63 bits per heavy atom. The second-order valence-corrected chi connectivity index (χ2v) is 4.80. The smallest absolute Gasteiger partial charge is 0.322 e. The van der Waals surface area contributed by atoms with Crippen molar-refractivity contribution in [1.29, 1.82) is 0 Å². The fourth-order valence-electron chi connectivity index (χ4n) is 1.24. The van der Waals surface area contributed by atoms with Crippen LogP contribution in [0, 0.1) is 0 Å². The standard InChI is InChI=1S/C11H15N3O4S/c1-14(7-8-3-2-4-19-8)11(18)13-5-9(15)12-6-10(16)17/h2-4H,5-7H2,1H3,(H,12,15)(H,13,18)(H,16,17). The number of hydrogen-bond donors (Lipinski definition) is 3. The SMILES string of the molecule is CN(Cc1cccs1)C(=O)NCC(=O)NCC(=O)O. The second-order valence-electron chi connectivity index (χ2n) is 3.76. The molecule has 1 aromatic rings. The van der Waals surface area contributed by atoms with Crippen LogP contribution >= 0.6 is 11.3 Å². The van der Waals surface area contributed by atoms with Gasteiger partial charge in [-0.2, -0.15) is 0 Å². The Kier molecular flexibility index (Phi) is 5.80. The van der Waals surface area contributed by atoms with Gasteiger partial charge in [0.2, 0.25) is 5.91 Å². The van der Waals surface area contributed by atoms with Gasteiger partial charge in [0.1, 0.15) is 6.54 Å². The largest absolute Gasteiger partial charge is 0.480 e. The average molecular weight is 285 g/mol. The molecule has 19 heavy (non-hydrogen) atoms. The summed E-state index contributed by atoms with van der Waals surface area (Å²) in [5.74, 6) is -1.67. The first kappa shape index (κ1) is 15.0. The van der Waals surface area contributed by atoms with Crippen LogP contribution < -0.4 is 10.6 Å². The van der Waals surface area contributed by atoms with E-state index in [1.165, 1.54) is 16.2 Å². The van der Waals surface area contributed by atoms with Crippen LogP contribution in [0.2, 0.25) is 0 Å². The van der Waals surface area contributed by atoms with Gasteiger partial charge >= 0.3 is 12.0 Å². The molecule has 0 bridgehead atoms. The van der Waals surface area contributed by atoms with E-state index in [4.69, 9.17) is 5.11 Å². The molecule has 0 aliphatic heterocycles. The highest BCUT2D eigenvalue weighted by molar-refractivity contribution is 7.09. The number of carbonyl (C=O) groups is 3. The first-order valence-corrected chi connectivity index (χ1v) is 6.37. The van der Waals surface area contributed by atoms with E-state index in [-0.39, 0.29) is 12.6 Å². The van der Waals surface area contributed by atoms with Gasteiger partial charge in [0, 0.05) is 11.9 Å². The van der Waals surface area contributed by atoms with Gasteiger partial charge < -0.3 is 20.6 Å². The predicted molar refractivity (Wildman–Crippen MR) is 69.8 cm³/mol. The van der Waals surface area contributed by atoms with Crippen LogP contribution in [0.1, 0.15) is 4.88 Å². The molecule has 0 spiro atoms. The van der Waals surface area contributed by atoms with Crippen molar-refractivity contribution in [2.24, 2.45) is 0 Å². The van der Waals surface area contributed by atoms with Crippen LogP contribution in [-0.4, -0.2) is 48.1 Å². The molecule has 0 aliphatic carbocycles. The number of carbonyl (C=O) groups excluding carboxylic acids is 2. The Labute approximate surface area is 114 Å². The van der Waals surface area contributed by atoms with Crippen LogP contribution in [-0.2, 0) is 16.1 Å². The summed E-state index contributed by atoms with van der Waals surface area (Å²) in [6.45, 7) is -0.249. The molecule has 0 atom stereocenters. The van der Waals surface area contributed by atoms with Crippen molar-refractivity contribution in [3.8, 4) is 0 Å². The van der Waals surface area contributed by atoms with E-state index < -0.39 is 18.4 Å². The molecular weight excluding hydrogens is 270 g/mol. The fourth-order valence-corrected chi connectivity index (χ4v) is 1.99. The number of carboxylic acids is 1. The highest BCUT2D eigenvalue weighted by atomic mass is 32.1. The molecule has 0 aromatic carbocycles. The summed E-state index contributed by atoms with van der Waals surface area (Å²) < 4.78 is 0. The van der Waals surface area contributed by atoms with E-state index in [0.29, 0.717) is 6.54 Å². The molecule has 1 rings (SSSR count). The van der Waals surface area contributed by atoms with Gasteiger partial charge in [-0.15, -0.1) is 11.3 Å². The first-order chi connectivity index (χ1) is 8.99. The molecule has 1 aromatic heterocycles. The van der Waals surface area contributed by atoms with Crippen LogP contribution in [0.25, 0.3) is 0 Å². The van der Waals surface area contributed by atoms with Crippen molar-refractivity contribution < 1.29 is 19.5 Å². The highest BCUT2D eigenvalue weighted by Gasteiger charge is 2.11. The van der Waals surface area contributed by atoms with Crippen LogP contribution in [0.3, 0.4) is 0 Å². The van der Waals surface area contributed by atoms with Gasteiger partial charge in [-0.05, 0) is 11.4 Å². The van der Waals surface area contributed by atoms with E-state index in [1.54, 1.807) is 7.05 Å². The van der Waals surface area contributed by atoms with Crippen molar-refractivity contribution in [3.05, 3.63) is 22.4 Å². The molecule has 3 amide bonds. The zero-order valence-electron chi connectivity index (χ0n) is 10.4. The van der Waals surface area contributed by atoms with Gasteiger partial charge in [-0.1, -0.05) is 6.07 Å². The molecule has 0 radical (unpaired) electrons.